The Morgan fingerprint density at radius 1 is 1.40 bits per heavy atom. The maximum atomic E-state index is 12.2. The molecule has 0 aromatic heterocycles. The van der Waals surface area contributed by atoms with Crippen LogP contribution in [-0.4, -0.2) is 38.8 Å². The minimum Gasteiger partial charge on any atom is -0.406 e. The van der Waals surface area contributed by atoms with Crippen LogP contribution in [-0.2, 0) is 9.84 Å². The van der Waals surface area contributed by atoms with Crippen molar-refractivity contribution < 1.29 is 26.3 Å². The number of benzene rings is 1. The number of alkyl halides is 3. The second-order valence-corrected chi connectivity index (χ2v) is 7.78. The van der Waals surface area contributed by atoms with E-state index in [2.05, 4.69) is 15.0 Å². The molecule has 1 saturated heterocycles. The monoisotopic (exact) mass is 493 g/mol. The number of nitrogens with zero attached hydrogens (tertiary/aromatic N) is 1. The first-order valence-electron chi connectivity index (χ1n) is 7.26. The number of nitrogens with two attached hydrogens (primary N) is 1. The molecule has 3 N–H and O–H groups in total. The van der Waals surface area contributed by atoms with Crippen LogP contribution in [0.15, 0.2) is 29.3 Å². The van der Waals surface area contributed by atoms with Gasteiger partial charge in [-0.05, 0) is 30.9 Å². The van der Waals surface area contributed by atoms with Gasteiger partial charge < -0.3 is 15.8 Å². The third kappa shape index (κ3) is 8.12. The van der Waals surface area contributed by atoms with Crippen molar-refractivity contribution in [3.63, 3.8) is 0 Å². The van der Waals surface area contributed by atoms with E-state index >= 15 is 0 Å². The van der Waals surface area contributed by atoms with Crippen molar-refractivity contribution in [2.75, 3.05) is 23.4 Å². The van der Waals surface area contributed by atoms with Crippen LogP contribution in [0.1, 0.15) is 12.8 Å². The van der Waals surface area contributed by atoms with Gasteiger partial charge in [-0.25, -0.2) is 8.42 Å². The van der Waals surface area contributed by atoms with Crippen LogP contribution in [0, 0.1) is 5.92 Å². The van der Waals surface area contributed by atoms with Gasteiger partial charge in [0.2, 0.25) is 0 Å². The van der Waals surface area contributed by atoms with Crippen LogP contribution in [0.3, 0.4) is 0 Å². The van der Waals surface area contributed by atoms with E-state index < -0.39 is 16.2 Å². The van der Waals surface area contributed by atoms with Gasteiger partial charge in [0.1, 0.15) is 5.75 Å². The SMILES string of the molecule is I.NC(=NCC1CCCS(=O)(=O)C1)Nc1cccc(OC(F)(F)F)c1. The summed E-state index contributed by atoms with van der Waals surface area (Å²) in [5.41, 5.74) is 5.98. The fourth-order valence-electron chi connectivity index (χ4n) is 2.45. The normalized spacial score (nSPS) is 20.4. The number of nitrogens with one attached hydrogen (secondary N) is 1. The number of hydrogen-bond donors (Lipinski definition) is 2. The lowest BCUT2D eigenvalue weighted by atomic mass is 10.1. The highest BCUT2D eigenvalue weighted by atomic mass is 127. The van der Waals surface area contributed by atoms with Gasteiger partial charge in [0, 0.05) is 18.3 Å². The largest absolute Gasteiger partial charge is 0.573 e. The molecule has 1 aliphatic rings. The molecule has 0 spiro atoms. The molecule has 1 fully saturated rings. The lowest BCUT2D eigenvalue weighted by Crippen LogP contribution is -2.29. The summed E-state index contributed by atoms with van der Waals surface area (Å²) in [5, 5.41) is 2.66. The summed E-state index contributed by atoms with van der Waals surface area (Å²) in [6.07, 6.45) is -3.41. The fraction of sp³-hybridized carbons (Fsp3) is 0.500. The molecule has 1 heterocycles. The molecule has 6 nitrogen and oxygen atoms in total. The minimum absolute atomic E-state index is 0. The first-order chi connectivity index (χ1) is 11.1. The van der Waals surface area contributed by atoms with E-state index in [1.54, 1.807) is 0 Å². The Kier molecular flexibility index (Phi) is 7.78. The number of aliphatic imine (C=N–C) groups is 1. The zero-order valence-electron chi connectivity index (χ0n) is 13.1. The van der Waals surface area contributed by atoms with Crippen molar-refractivity contribution >= 4 is 45.5 Å². The molecule has 1 aromatic rings. The lowest BCUT2D eigenvalue weighted by Gasteiger charge is -2.20. The Labute approximate surface area is 161 Å². The topological polar surface area (TPSA) is 93.8 Å². The molecule has 1 aromatic carbocycles. The summed E-state index contributed by atoms with van der Waals surface area (Å²) >= 11 is 0. The average Bonchev–Trinajstić information content (AvgIpc) is 2.42. The molecule has 0 saturated carbocycles. The number of halogens is 4. The fourth-order valence-corrected chi connectivity index (χ4v) is 4.21. The number of guanidine groups is 1. The smallest absolute Gasteiger partial charge is 0.406 e. The van der Waals surface area contributed by atoms with Gasteiger partial charge in [-0.2, -0.15) is 0 Å². The molecule has 1 atom stereocenters. The van der Waals surface area contributed by atoms with Crippen LogP contribution < -0.4 is 15.8 Å². The first-order valence-corrected chi connectivity index (χ1v) is 9.08. The predicted molar refractivity (Wildman–Crippen MR) is 100 cm³/mol. The molecule has 0 aliphatic carbocycles. The van der Waals surface area contributed by atoms with Crippen LogP contribution in [0.5, 0.6) is 5.75 Å². The Hall–Kier alpha value is -1.24. The van der Waals surface area contributed by atoms with Crippen LogP contribution in [0.4, 0.5) is 18.9 Å². The number of rotatable bonds is 4. The molecule has 142 valence electrons. The highest BCUT2D eigenvalue weighted by molar-refractivity contribution is 14.0. The van der Waals surface area contributed by atoms with Crippen LogP contribution in [0.25, 0.3) is 0 Å². The minimum atomic E-state index is -4.77. The van der Waals surface area contributed by atoms with Crippen molar-refractivity contribution in [1.82, 2.24) is 0 Å². The van der Waals surface area contributed by atoms with Gasteiger partial charge in [-0.3, -0.25) is 4.99 Å². The first kappa shape index (κ1) is 21.8. The molecule has 0 amide bonds. The number of sulfone groups is 1. The molecule has 1 aliphatic heterocycles. The zero-order chi connectivity index (χ0) is 17.8. The number of ether oxygens (including phenoxy) is 1. The molecular formula is C14H19F3IN3O3S. The van der Waals surface area contributed by atoms with Crippen LogP contribution in [0.2, 0.25) is 0 Å². The Bertz CT molecular complexity index is 711. The van der Waals surface area contributed by atoms with Gasteiger partial charge >= 0.3 is 6.36 Å². The Morgan fingerprint density at radius 3 is 2.76 bits per heavy atom. The van der Waals surface area contributed by atoms with Gasteiger partial charge in [0.15, 0.2) is 15.8 Å². The third-order valence-corrected chi connectivity index (χ3v) is 5.31. The van der Waals surface area contributed by atoms with E-state index in [9.17, 15) is 21.6 Å². The molecular weight excluding hydrogens is 474 g/mol. The van der Waals surface area contributed by atoms with E-state index in [4.69, 9.17) is 5.73 Å². The van der Waals surface area contributed by atoms with Crippen LogP contribution >= 0.6 is 24.0 Å². The molecule has 25 heavy (non-hydrogen) atoms. The number of hydrogen-bond acceptors (Lipinski definition) is 4. The summed E-state index contributed by atoms with van der Waals surface area (Å²) < 4.78 is 63.5. The molecule has 2 rings (SSSR count). The summed E-state index contributed by atoms with van der Waals surface area (Å²) in [6.45, 7) is 0.247. The lowest BCUT2D eigenvalue weighted by molar-refractivity contribution is -0.274. The second-order valence-electron chi connectivity index (χ2n) is 5.55. The molecule has 1 unspecified atom stereocenters. The van der Waals surface area contributed by atoms with Crippen molar-refractivity contribution in [2.24, 2.45) is 16.6 Å². The Morgan fingerprint density at radius 2 is 2.12 bits per heavy atom. The van der Waals surface area contributed by atoms with Crippen molar-refractivity contribution in [3.8, 4) is 5.75 Å². The summed E-state index contributed by atoms with van der Waals surface area (Å²) in [7, 11) is -3.02. The van der Waals surface area contributed by atoms with E-state index in [0.29, 0.717) is 6.42 Å². The van der Waals surface area contributed by atoms with Gasteiger partial charge in [-0.15, -0.1) is 37.1 Å². The maximum absolute atomic E-state index is 12.2. The third-order valence-electron chi connectivity index (χ3n) is 3.42. The van der Waals surface area contributed by atoms with Gasteiger partial charge in [0.25, 0.3) is 0 Å². The van der Waals surface area contributed by atoms with E-state index in [1.807, 2.05) is 0 Å². The van der Waals surface area contributed by atoms with E-state index in [0.717, 1.165) is 12.5 Å². The molecule has 0 radical (unpaired) electrons. The zero-order valence-corrected chi connectivity index (χ0v) is 16.3. The van der Waals surface area contributed by atoms with Crippen molar-refractivity contribution in [3.05, 3.63) is 24.3 Å². The standard InChI is InChI=1S/C14H18F3N3O3S.HI/c15-14(16,17)23-12-5-1-4-11(7-12)20-13(18)19-8-10-3-2-6-24(21,22)9-10;/h1,4-5,7,10H,2-3,6,8-9H2,(H3,18,19,20);1H. The predicted octanol–water partition coefficient (Wildman–Crippen LogP) is 2.75. The highest BCUT2D eigenvalue weighted by Crippen LogP contribution is 2.25. The maximum Gasteiger partial charge on any atom is 0.573 e. The van der Waals surface area contributed by atoms with Crippen molar-refractivity contribution in [2.45, 2.75) is 19.2 Å². The second kappa shape index (κ2) is 8.92. The van der Waals surface area contributed by atoms with Crippen molar-refractivity contribution in [1.29, 1.82) is 0 Å². The summed E-state index contributed by atoms with van der Waals surface area (Å²) in [5.74, 6) is -0.184. The highest BCUT2D eigenvalue weighted by Gasteiger charge is 2.31. The van der Waals surface area contributed by atoms with Gasteiger partial charge in [0.05, 0.1) is 11.5 Å². The Balaban J connectivity index is 0.00000312. The molecule has 0 bridgehead atoms. The average molecular weight is 493 g/mol. The van der Waals surface area contributed by atoms with E-state index in [1.165, 1.54) is 18.2 Å². The van der Waals surface area contributed by atoms with E-state index in [-0.39, 0.29) is 65.3 Å². The summed E-state index contributed by atoms with van der Waals surface area (Å²) in [4.78, 5) is 4.07. The summed E-state index contributed by atoms with van der Waals surface area (Å²) in [6, 6.07) is 5.20. The quantitative estimate of drug-likeness (QED) is 0.383. The van der Waals surface area contributed by atoms with Gasteiger partial charge in [-0.1, -0.05) is 6.07 Å². The number of anilines is 1. The molecule has 11 heteroatoms.